The summed E-state index contributed by atoms with van der Waals surface area (Å²) in [4.78, 5) is 6.62. The first-order chi connectivity index (χ1) is 10.7. The average Bonchev–Trinajstić information content (AvgIpc) is 3.03. The zero-order valence-electron chi connectivity index (χ0n) is 12.7. The van der Waals surface area contributed by atoms with Crippen LogP contribution in [0.25, 0.3) is 11.4 Å². The quantitative estimate of drug-likeness (QED) is 0.776. The Balaban J connectivity index is 1.63. The molecule has 1 aromatic heterocycles. The van der Waals surface area contributed by atoms with E-state index in [4.69, 9.17) is 0 Å². The van der Waals surface area contributed by atoms with Gasteiger partial charge in [-0.25, -0.2) is 0 Å². The molecule has 0 aliphatic heterocycles. The van der Waals surface area contributed by atoms with Crippen LogP contribution in [0, 0.1) is 0 Å². The van der Waals surface area contributed by atoms with E-state index in [-0.39, 0.29) is 0 Å². The van der Waals surface area contributed by atoms with Gasteiger partial charge in [-0.3, -0.25) is 0 Å². The van der Waals surface area contributed by atoms with Gasteiger partial charge in [0.05, 0.1) is 0 Å². The summed E-state index contributed by atoms with van der Waals surface area (Å²) in [5.41, 5.74) is 3.47. The molecule has 0 unspecified atom stereocenters. The maximum absolute atomic E-state index is 4.53. The van der Waals surface area contributed by atoms with Gasteiger partial charge in [0.1, 0.15) is 0 Å². The molecule has 0 amide bonds. The van der Waals surface area contributed by atoms with Crippen molar-refractivity contribution >= 4 is 22.4 Å². The summed E-state index contributed by atoms with van der Waals surface area (Å²) in [5.74, 6) is 0.774. The number of benzene rings is 2. The topological polar surface area (TPSA) is 41.0 Å². The highest BCUT2D eigenvalue weighted by atomic mass is 32.1. The highest BCUT2D eigenvalue weighted by molar-refractivity contribution is 7.09. The van der Waals surface area contributed by atoms with Crippen LogP contribution >= 0.6 is 11.5 Å². The molecular weight excluding hydrogens is 292 g/mol. The molecule has 3 rings (SSSR count). The number of hydrogen-bond donors (Lipinski definition) is 1. The number of nitrogens with one attached hydrogen (secondary N) is 1. The van der Waals surface area contributed by atoms with Crippen molar-refractivity contribution in [3.8, 4) is 11.4 Å². The second-order valence-electron chi connectivity index (χ2n) is 5.20. The first kappa shape index (κ1) is 14.5. The predicted octanol–water partition coefficient (Wildman–Crippen LogP) is 3.88. The number of rotatable bonds is 5. The van der Waals surface area contributed by atoms with Gasteiger partial charge in [-0.2, -0.15) is 9.36 Å². The molecule has 1 heterocycles. The monoisotopic (exact) mass is 310 g/mol. The molecule has 0 saturated heterocycles. The molecule has 0 radical (unpaired) electrons. The van der Waals surface area contributed by atoms with Gasteiger partial charge in [0.25, 0.3) is 0 Å². The normalized spacial score (nSPS) is 10.5. The van der Waals surface area contributed by atoms with Gasteiger partial charge in [0.15, 0.2) is 5.82 Å². The summed E-state index contributed by atoms with van der Waals surface area (Å²) < 4.78 is 4.40. The molecule has 5 heteroatoms. The molecule has 22 heavy (non-hydrogen) atoms. The van der Waals surface area contributed by atoms with Crippen LogP contribution in [0.3, 0.4) is 0 Å². The van der Waals surface area contributed by atoms with E-state index in [1.165, 1.54) is 22.8 Å². The van der Waals surface area contributed by atoms with E-state index < -0.39 is 0 Å². The van der Waals surface area contributed by atoms with E-state index in [0.717, 1.165) is 23.1 Å². The third-order valence-electron chi connectivity index (χ3n) is 3.35. The summed E-state index contributed by atoms with van der Waals surface area (Å²) in [6.45, 7) is 0.747. The van der Waals surface area contributed by atoms with Gasteiger partial charge in [0, 0.05) is 43.4 Å². The predicted molar refractivity (Wildman–Crippen MR) is 93.4 cm³/mol. The third kappa shape index (κ3) is 3.43. The first-order valence-corrected chi connectivity index (χ1v) is 7.89. The van der Waals surface area contributed by atoms with Crippen molar-refractivity contribution in [2.24, 2.45) is 0 Å². The fraction of sp³-hybridized carbons (Fsp3) is 0.176. The largest absolute Gasteiger partial charge is 0.378 e. The van der Waals surface area contributed by atoms with Crippen molar-refractivity contribution in [3.05, 3.63) is 60.2 Å². The SMILES string of the molecule is CN(C)c1ccc(CNc2nc(-c3ccccc3)ns2)cc1. The van der Waals surface area contributed by atoms with Crippen LogP contribution in [0.1, 0.15) is 5.56 Å². The standard InChI is InChI=1S/C17H18N4S/c1-21(2)15-10-8-13(9-11-15)12-18-17-19-16(20-22-17)14-6-4-3-5-7-14/h3-11H,12H2,1-2H3,(H,18,19,20). The van der Waals surface area contributed by atoms with Crippen LogP contribution in [-0.2, 0) is 6.54 Å². The highest BCUT2D eigenvalue weighted by Gasteiger charge is 2.05. The molecule has 0 atom stereocenters. The van der Waals surface area contributed by atoms with E-state index >= 15 is 0 Å². The first-order valence-electron chi connectivity index (χ1n) is 7.11. The lowest BCUT2D eigenvalue weighted by molar-refractivity contribution is 1.10. The highest BCUT2D eigenvalue weighted by Crippen LogP contribution is 2.21. The Morgan fingerprint density at radius 3 is 2.41 bits per heavy atom. The number of hydrogen-bond acceptors (Lipinski definition) is 5. The lowest BCUT2D eigenvalue weighted by Crippen LogP contribution is -2.08. The van der Waals surface area contributed by atoms with Gasteiger partial charge < -0.3 is 10.2 Å². The Morgan fingerprint density at radius 2 is 1.73 bits per heavy atom. The van der Waals surface area contributed by atoms with Crippen LogP contribution in [0.4, 0.5) is 10.8 Å². The maximum atomic E-state index is 4.53. The minimum absolute atomic E-state index is 0.747. The van der Waals surface area contributed by atoms with Crippen molar-refractivity contribution in [2.45, 2.75) is 6.54 Å². The zero-order valence-corrected chi connectivity index (χ0v) is 13.5. The molecule has 112 valence electrons. The molecule has 0 saturated carbocycles. The van der Waals surface area contributed by atoms with E-state index in [1.807, 2.05) is 44.4 Å². The fourth-order valence-electron chi connectivity index (χ4n) is 2.09. The summed E-state index contributed by atoms with van der Waals surface area (Å²) in [7, 11) is 4.08. The van der Waals surface area contributed by atoms with Gasteiger partial charge in [0.2, 0.25) is 5.13 Å². The lowest BCUT2D eigenvalue weighted by Gasteiger charge is -2.12. The van der Waals surface area contributed by atoms with E-state index in [0.29, 0.717) is 0 Å². The molecule has 4 nitrogen and oxygen atoms in total. The molecule has 1 N–H and O–H groups in total. The van der Waals surface area contributed by atoms with Crippen LogP contribution in [0.2, 0.25) is 0 Å². The van der Waals surface area contributed by atoms with Gasteiger partial charge >= 0.3 is 0 Å². The minimum Gasteiger partial charge on any atom is -0.378 e. The van der Waals surface area contributed by atoms with Crippen molar-refractivity contribution in [1.82, 2.24) is 9.36 Å². The Labute approximate surface area is 134 Å². The molecular formula is C17H18N4S. The van der Waals surface area contributed by atoms with Crippen LogP contribution < -0.4 is 10.2 Å². The Morgan fingerprint density at radius 1 is 1.00 bits per heavy atom. The molecule has 3 aromatic rings. The van der Waals surface area contributed by atoms with Crippen molar-refractivity contribution in [1.29, 1.82) is 0 Å². The molecule has 0 spiro atoms. The molecule has 0 aliphatic carbocycles. The Hall–Kier alpha value is -2.40. The van der Waals surface area contributed by atoms with E-state index in [9.17, 15) is 0 Å². The van der Waals surface area contributed by atoms with Crippen molar-refractivity contribution in [2.75, 3.05) is 24.3 Å². The smallest absolute Gasteiger partial charge is 0.203 e. The van der Waals surface area contributed by atoms with E-state index in [1.54, 1.807) is 0 Å². The Bertz CT molecular complexity index is 720. The average molecular weight is 310 g/mol. The lowest BCUT2D eigenvalue weighted by atomic mass is 10.2. The van der Waals surface area contributed by atoms with Crippen LogP contribution in [0.15, 0.2) is 54.6 Å². The van der Waals surface area contributed by atoms with Crippen LogP contribution in [0.5, 0.6) is 0 Å². The van der Waals surface area contributed by atoms with Gasteiger partial charge in [-0.05, 0) is 17.7 Å². The second-order valence-corrected chi connectivity index (χ2v) is 5.96. The Kier molecular flexibility index (Phi) is 4.34. The van der Waals surface area contributed by atoms with Crippen LogP contribution in [-0.4, -0.2) is 23.5 Å². The molecule has 0 aliphatic rings. The number of nitrogens with zero attached hydrogens (tertiary/aromatic N) is 3. The fourth-order valence-corrected chi connectivity index (χ4v) is 2.67. The number of aromatic nitrogens is 2. The molecule has 0 fully saturated rings. The summed E-state index contributed by atoms with van der Waals surface area (Å²) in [5, 5.41) is 4.17. The number of anilines is 2. The molecule has 2 aromatic carbocycles. The second kappa shape index (κ2) is 6.58. The minimum atomic E-state index is 0.747. The summed E-state index contributed by atoms with van der Waals surface area (Å²) >= 11 is 1.39. The summed E-state index contributed by atoms with van der Waals surface area (Å²) in [6, 6.07) is 18.5. The van der Waals surface area contributed by atoms with Gasteiger partial charge in [-0.1, -0.05) is 42.5 Å². The van der Waals surface area contributed by atoms with Crippen molar-refractivity contribution < 1.29 is 0 Å². The van der Waals surface area contributed by atoms with Crippen molar-refractivity contribution in [3.63, 3.8) is 0 Å². The third-order valence-corrected chi connectivity index (χ3v) is 4.03. The van der Waals surface area contributed by atoms with Gasteiger partial charge in [-0.15, -0.1) is 0 Å². The van der Waals surface area contributed by atoms with E-state index in [2.05, 4.69) is 43.8 Å². The summed E-state index contributed by atoms with van der Waals surface area (Å²) in [6.07, 6.45) is 0. The maximum Gasteiger partial charge on any atom is 0.203 e. The zero-order chi connectivity index (χ0) is 15.4. The molecule has 0 bridgehead atoms.